The van der Waals surface area contributed by atoms with Crippen LogP contribution in [0.1, 0.15) is 5.56 Å². The molecule has 0 aliphatic heterocycles. The zero-order valence-electron chi connectivity index (χ0n) is 12.3. The lowest BCUT2D eigenvalue weighted by atomic mass is 10.1. The van der Waals surface area contributed by atoms with Crippen molar-refractivity contribution in [1.82, 2.24) is 15.4 Å². The molecule has 6 nitrogen and oxygen atoms in total. The number of aliphatic imine (C=N–C) groups is 1. The SMILES string of the molecule is CN=C(NCCNS(C)(=O)=O)NCCc1ccccc1.I. The Morgan fingerprint density at radius 1 is 1.10 bits per heavy atom. The number of halogens is 1. The molecule has 0 atom stereocenters. The highest BCUT2D eigenvalue weighted by Crippen LogP contribution is 1.97. The maximum absolute atomic E-state index is 10.9. The Bertz CT molecular complexity index is 520. The van der Waals surface area contributed by atoms with E-state index in [1.807, 2.05) is 18.2 Å². The predicted octanol–water partition coefficient (Wildman–Crippen LogP) is 0.561. The van der Waals surface area contributed by atoms with Crippen LogP contribution in [0.4, 0.5) is 0 Å². The van der Waals surface area contributed by atoms with Crippen LogP contribution in [0.5, 0.6) is 0 Å². The molecule has 0 saturated carbocycles. The zero-order chi connectivity index (χ0) is 14.8. The minimum atomic E-state index is -3.13. The average Bonchev–Trinajstić information content (AvgIpc) is 2.41. The van der Waals surface area contributed by atoms with Crippen LogP contribution in [-0.4, -0.2) is 47.3 Å². The molecule has 0 heterocycles. The van der Waals surface area contributed by atoms with E-state index in [2.05, 4.69) is 32.5 Å². The maximum Gasteiger partial charge on any atom is 0.208 e. The van der Waals surface area contributed by atoms with Gasteiger partial charge in [-0.15, -0.1) is 24.0 Å². The molecule has 21 heavy (non-hydrogen) atoms. The molecule has 120 valence electrons. The molecule has 0 unspecified atom stereocenters. The first-order chi connectivity index (χ1) is 9.51. The van der Waals surface area contributed by atoms with Crippen LogP contribution >= 0.6 is 24.0 Å². The highest BCUT2D eigenvalue weighted by molar-refractivity contribution is 14.0. The van der Waals surface area contributed by atoms with E-state index in [1.54, 1.807) is 7.05 Å². The van der Waals surface area contributed by atoms with Crippen LogP contribution in [-0.2, 0) is 16.4 Å². The lowest BCUT2D eigenvalue weighted by Gasteiger charge is -2.11. The maximum atomic E-state index is 10.9. The number of sulfonamides is 1. The van der Waals surface area contributed by atoms with E-state index in [9.17, 15) is 8.42 Å². The smallest absolute Gasteiger partial charge is 0.208 e. The van der Waals surface area contributed by atoms with Crippen molar-refractivity contribution < 1.29 is 8.42 Å². The lowest BCUT2D eigenvalue weighted by molar-refractivity contribution is 0.586. The zero-order valence-corrected chi connectivity index (χ0v) is 15.4. The number of guanidine groups is 1. The van der Waals surface area contributed by atoms with E-state index >= 15 is 0 Å². The molecule has 0 amide bonds. The molecular weight excluding hydrogens is 403 g/mol. The lowest BCUT2D eigenvalue weighted by Crippen LogP contribution is -2.42. The fraction of sp³-hybridized carbons (Fsp3) is 0.462. The Morgan fingerprint density at radius 2 is 1.71 bits per heavy atom. The summed E-state index contributed by atoms with van der Waals surface area (Å²) in [5.74, 6) is 0.663. The Morgan fingerprint density at radius 3 is 2.29 bits per heavy atom. The molecule has 1 aromatic rings. The molecule has 0 fully saturated rings. The first-order valence-corrected chi connectivity index (χ1v) is 8.33. The third kappa shape index (κ3) is 10.5. The third-order valence-electron chi connectivity index (χ3n) is 2.55. The Labute approximate surface area is 143 Å². The van der Waals surface area contributed by atoms with Gasteiger partial charge in [-0.2, -0.15) is 0 Å². The van der Waals surface area contributed by atoms with E-state index < -0.39 is 10.0 Å². The van der Waals surface area contributed by atoms with Gasteiger partial charge in [0, 0.05) is 26.7 Å². The average molecular weight is 426 g/mol. The van der Waals surface area contributed by atoms with Gasteiger partial charge in [-0.3, -0.25) is 4.99 Å². The third-order valence-corrected chi connectivity index (χ3v) is 3.28. The monoisotopic (exact) mass is 426 g/mol. The summed E-state index contributed by atoms with van der Waals surface area (Å²) in [6.07, 6.45) is 2.04. The Hall–Kier alpha value is -0.870. The second kappa shape index (κ2) is 10.8. The summed E-state index contributed by atoms with van der Waals surface area (Å²) in [5.41, 5.74) is 1.26. The number of hydrogen-bond acceptors (Lipinski definition) is 3. The van der Waals surface area contributed by atoms with Crippen LogP contribution in [0.3, 0.4) is 0 Å². The van der Waals surface area contributed by atoms with Crippen molar-refractivity contribution >= 4 is 40.0 Å². The van der Waals surface area contributed by atoms with Crippen LogP contribution in [0.25, 0.3) is 0 Å². The summed E-state index contributed by atoms with van der Waals surface area (Å²) in [6, 6.07) is 10.2. The van der Waals surface area contributed by atoms with Crippen molar-refractivity contribution in [2.24, 2.45) is 4.99 Å². The van der Waals surface area contributed by atoms with E-state index in [1.165, 1.54) is 5.56 Å². The van der Waals surface area contributed by atoms with Crippen LogP contribution in [0.15, 0.2) is 35.3 Å². The summed E-state index contributed by atoms with van der Waals surface area (Å²) in [7, 11) is -1.45. The van der Waals surface area contributed by atoms with E-state index in [4.69, 9.17) is 0 Å². The highest BCUT2D eigenvalue weighted by Gasteiger charge is 2.00. The standard InChI is InChI=1S/C13H22N4O2S.HI/c1-14-13(16-10-11-17-20(2,18)19)15-9-8-12-6-4-3-5-7-12;/h3-7,17H,8-11H2,1-2H3,(H2,14,15,16);1H. The molecule has 1 aromatic carbocycles. The second-order valence-corrected chi connectivity index (χ2v) is 6.16. The summed E-state index contributed by atoms with van der Waals surface area (Å²) >= 11 is 0. The van der Waals surface area contributed by atoms with Gasteiger partial charge in [0.2, 0.25) is 10.0 Å². The number of nitrogens with one attached hydrogen (secondary N) is 3. The Kier molecular flexibility index (Phi) is 10.4. The largest absolute Gasteiger partial charge is 0.356 e. The van der Waals surface area contributed by atoms with Crippen molar-refractivity contribution in [2.75, 3.05) is 32.9 Å². The van der Waals surface area contributed by atoms with Gasteiger partial charge in [-0.25, -0.2) is 13.1 Å². The molecular formula is C13H23IN4O2S. The normalized spacial score (nSPS) is 11.6. The second-order valence-electron chi connectivity index (χ2n) is 4.33. The highest BCUT2D eigenvalue weighted by atomic mass is 127. The molecule has 3 N–H and O–H groups in total. The topological polar surface area (TPSA) is 82.6 Å². The molecule has 8 heteroatoms. The summed E-state index contributed by atoms with van der Waals surface area (Å²) < 4.78 is 24.2. The van der Waals surface area contributed by atoms with Crippen molar-refractivity contribution in [3.05, 3.63) is 35.9 Å². The summed E-state index contributed by atoms with van der Waals surface area (Å²) in [4.78, 5) is 4.07. The van der Waals surface area contributed by atoms with Crippen LogP contribution < -0.4 is 15.4 Å². The van der Waals surface area contributed by atoms with Crippen molar-refractivity contribution in [2.45, 2.75) is 6.42 Å². The fourth-order valence-corrected chi connectivity index (χ4v) is 2.08. The quantitative estimate of drug-likeness (QED) is 0.258. The van der Waals surface area contributed by atoms with Crippen molar-refractivity contribution in [1.29, 1.82) is 0 Å². The molecule has 0 spiro atoms. The number of rotatable bonds is 7. The molecule has 0 aliphatic carbocycles. The summed E-state index contributed by atoms with van der Waals surface area (Å²) in [6.45, 7) is 1.58. The van der Waals surface area contributed by atoms with Gasteiger partial charge in [0.25, 0.3) is 0 Å². The predicted molar refractivity (Wildman–Crippen MR) is 97.8 cm³/mol. The minimum absolute atomic E-state index is 0. The first kappa shape index (κ1) is 20.1. The number of hydrogen-bond donors (Lipinski definition) is 3. The van der Waals surface area contributed by atoms with Crippen LogP contribution in [0, 0.1) is 0 Å². The van der Waals surface area contributed by atoms with Crippen molar-refractivity contribution in [3.63, 3.8) is 0 Å². The van der Waals surface area contributed by atoms with E-state index in [0.717, 1.165) is 19.2 Å². The van der Waals surface area contributed by atoms with Gasteiger partial charge < -0.3 is 10.6 Å². The van der Waals surface area contributed by atoms with Crippen molar-refractivity contribution in [3.8, 4) is 0 Å². The minimum Gasteiger partial charge on any atom is -0.356 e. The molecule has 1 rings (SSSR count). The van der Waals surface area contributed by atoms with Gasteiger partial charge in [0.15, 0.2) is 5.96 Å². The van der Waals surface area contributed by atoms with E-state index in [0.29, 0.717) is 19.0 Å². The van der Waals surface area contributed by atoms with E-state index in [-0.39, 0.29) is 24.0 Å². The number of nitrogens with zero attached hydrogens (tertiary/aromatic N) is 1. The fourth-order valence-electron chi connectivity index (χ4n) is 1.61. The molecule has 0 aromatic heterocycles. The van der Waals surface area contributed by atoms with Crippen LogP contribution in [0.2, 0.25) is 0 Å². The van der Waals surface area contributed by atoms with Gasteiger partial charge in [0.05, 0.1) is 6.26 Å². The molecule has 0 bridgehead atoms. The first-order valence-electron chi connectivity index (χ1n) is 6.44. The van der Waals surface area contributed by atoms with Gasteiger partial charge in [-0.1, -0.05) is 30.3 Å². The van der Waals surface area contributed by atoms with Gasteiger partial charge >= 0.3 is 0 Å². The summed E-state index contributed by atoms with van der Waals surface area (Å²) in [5, 5.41) is 6.22. The Balaban J connectivity index is 0.00000400. The molecule has 0 aliphatic rings. The van der Waals surface area contributed by atoms with Gasteiger partial charge in [-0.05, 0) is 12.0 Å². The number of benzene rings is 1. The van der Waals surface area contributed by atoms with Gasteiger partial charge in [0.1, 0.15) is 0 Å². The molecule has 0 radical (unpaired) electrons. The molecule has 0 saturated heterocycles.